The lowest BCUT2D eigenvalue weighted by Crippen LogP contribution is -2.61. The first-order valence-corrected chi connectivity index (χ1v) is 32.6. The molecule has 1 saturated heterocycles. The van der Waals surface area contributed by atoms with E-state index in [1.165, 1.54) is 29.8 Å². The number of hydrogen-bond donors (Lipinski definition) is 0. The highest BCUT2D eigenvalue weighted by atomic mass is 35.5. The van der Waals surface area contributed by atoms with Gasteiger partial charge in [0.15, 0.2) is 18.2 Å². The van der Waals surface area contributed by atoms with E-state index in [1.54, 1.807) is 98.2 Å². The number of thiophene rings is 1. The minimum absolute atomic E-state index is 0.0296. The molecule has 3 aromatic heterocycles. The molecule has 0 saturated carbocycles. The van der Waals surface area contributed by atoms with E-state index in [-0.39, 0.29) is 45.3 Å². The second-order valence-corrected chi connectivity index (χ2v) is 24.2. The Morgan fingerprint density at radius 2 is 1.41 bits per heavy atom. The predicted molar refractivity (Wildman–Crippen MR) is 363 cm³/mol. The first kappa shape index (κ1) is 67.7. The number of carbonyl (C=O) groups is 1. The van der Waals surface area contributed by atoms with Crippen LogP contribution in [0.25, 0.3) is 43.2 Å². The minimum atomic E-state index is -1.32. The molecule has 502 valence electrons. The Labute approximate surface area is 570 Å². The zero-order chi connectivity index (χ0) is 67.6. The van der Waals surface area contributed by atoms with Gasteiger partial charge in [0.1, 0.15) is 101 Å². The Bertz CT molecular complexity index is 4280. The van der Waals surface area contributed by atoms with Gasteiger partial charge in [-0.25, -0.2) is 29.1 Å². The quantitative estimate of drug-likeness (QED) is 0.0458. The Morgan fingerprint density at radius 3 is 2.10 bits per heavy atom. The average Bonchev–Trinajstić information content (AvgIpc) is 1.07. The Balaban J connectivity index is 0.918. The first-order chi connectivity index (χ1) is 47.4. The molecule has 1 fully saturated rings. The molecule has 0 N–H and O–H groups in total. The fraction of sp³-hybridized carbons (Fsp3) is 0.293. The molecule has 7 aromatic carbocycles. The van der Waals surface area contributed by atoms with Gasteiger partial charge in [0.2, 0.25) is 12.0 Å². The fourth-order valence-electron chi connectivity index (χ4n) is 12.2. The summed E-state index contributed by atoms with van der Waals surface area (Å²) in [6, 6.07) is 49.8. The van der Waals surface area contributed by atoms with Crippen LogP contribution in [-0.2, 0) is 56.6 Å². The smallest absolute Gasteiger partial charge is 0.347 e. The summed E-state index contributed by atoms with van der Waals surface area (Å²) >= 11 is 8.91. The summed E-state index contributed by atoms with van der Waals surface area (Å²) in [4.78, 5) is 34.8. The van der Waals surface area contributed by atoms with Crippen molar-refractivity contribution in [1.29, 1.82) is 0 Å². The van der Waals surface area contributed by atoms with Crippen LogP contribution in [0.3, 0.4) is 0 Å². The highest BCUT2D eigenvalue weighted by Gasteiger charge is 2.48. The van der Waals surface area contributed by atoms with Crippen LogP contribution in [-0.4, -0.2) is 138 Å². The molecule has 19 nitrogen and oxygen atoms in total. The maximum Gasteiger partial charge on any atom is 0.347 e. The molecule has 6 heterocycles. The van der Waals surface area contributed by atoms with Crippen LogP contribution in [0, 0.1) is 12.7 Å². The normalized spacial score (nSPS) is 18.6. The van der Waals surface area contributed by atoms with Crippen molar-refractivity contribution in [3.63, 3.8) is 0 Å². The lowest BCUT2D eigenvalue weighted by molar-refractivity contribution is -0.305. The number of nitrogens with zero attached hydrogens (tertiary/aromatic N) is 4. The molecular weight excluding hydrogens is 1280 g/mol. The lowest BCUT2D eigenvalue weighted by Gasteiger charge is -2.44. The first-order valence-electron chi connectivity index (χ1n) is 31.4. The fourth-order valence-corrected chi connectivity index (χ4v) is 13.6. The summed E-state index contributed by atoms with van der Waals surface area (Å²) in [6.45, 7) is 3.59. The van der Waals surface area contributed by atoms with Crippen LogP contribution in [0.4, 0.5) is 4.39 Å². The highest BCUT2D eigenvalue weighted by Crippen LogP contribution is 2.50. The topological polar surface area (TPSA) is 198 Å². The number of methoxy groups -OCH3 is 6. The Kier molecular flexibility index (Phi) is 21.5. The number of hydrogen-bond acceptors (Lipinski definition) is 20. The number of halogens is 2. The molecule has 0 radical (unpaired) electrons. The molecular formula is C75H72ClFN4O15S. The van der Waals surface area contributed by atoms with Crippen molar-refractivity contribution in [3.8, 4) is 73.3 Å². The van der Waals surface area contributed by atoms with Gasteiger partial charge < -0.3 is 66.3 Å². The highest BCUT2D eigenvalue weighted by molar-refractivity contribution is 7.22. The molecule has 4 bridgehead atoms. The van der Waals surface area contributed by atoms with Crippen LogP contribution in [0.1, 0.15) is 40.4 Å². The molecule has 7 atom stereocenters. The number of carbonyl (C=O) groups excluding carboxylic acids is 1. The van der Waals surface area contributed by atoms with Crippen molar-refractivity contribution in [1.82, 2.24) is 19.9 Å². The zero-order valence-corrected chi connectivity index (χ0v) is 56.2. The van der Waals surface area contributed by atoms with E-state index in [1.807, 2.05) is 116 Å². The number of fused-ring (bicyclic) bond motifs is 7. The van der Waals surface area contributed by atoms with Crippen molar-refractivity contribution >= 4 is 39.1 Å². The van der Waals surface area contributed by atoms with Gasteiger partial charge in [0.25, 0.3) is 0 Å². The van der Waals surface area contributed by atoms with E-state index in [0.29, 0.717) is 94.6 Å². The van der Waals surface area contributed by atoms with Crippen LogP contribution < -0.4 is 33.2 Å². The maximum atomic E-state index is 14.7. The van der Waals surface area contributed by atoms with Crippen LogP contribution in [0.5, 0.6) is 40.4 Å². The molecule has 0 unspecified atom stereocenters. The Hall–Kier alpha value is -9.29. The third-order valence-corrected chi connectivity index (χ3v) is 18.7. The monoisotopic (exact) mass is 1350 g/mol. The second kappa shape index (κ2) is 30.8. The largest absolute Gasteiger partial charge is 0.497 e. The van der Waals surface area contributed by atoms with Crippen molar-refractivity contribution < 1.29 is 75.5 Å². The van der Waals surface area contributed by atoms with E-state index in [9.17, 15) is 9.18 Å². The third-order valence-electron chi connectivity index (χ3n) is 17.0. The summed E-state index contributed by atoms with van der Waals surface area (Å²) in [5, 5.41) is 0.788. The van der Waals surface area contributed by atoms with Crippen LogP contribution in [0.2, 0.25) is 5.02 Å². The molecule has 22 heteroatoms. The molecule has 0 spiro atoms. The number of benzene rings is 7. The van der Waals surface area contributed by atoms with E-state index in [4.69, 9.17) is 92.9 Å². The van der Waals surface area contributed by atoms with Crippen molar-refractivity contribution in [2.24, 2.45) is 0 Å². The molecule has 10 aromatic rings. The van der Waals surface area contributed by atoms with Crippen molar-refractivity contribution in [3.05, 3.63) is 221 Å². The number of rotatable bonds is 22. The summed E-state index contributed by atoms with van der Waals surface area (Å²) in [6.07, 6.45) is -2.08. The van der Waals surface area contributed by atoms with Crippen LogP contribution >= 0.6 is 22.9 Å². The summed E-state index contributed by atoms with van der Waals surface area (Å²) in [5.41, 5.74) is 5.57. The standard InChI is InChI=1S/C75H72ClFN4O15S/c1-9-89-73(82)61-38-47-37-56(30-32-59(47)92-39-52-34-35-78-70(81-52)46-14-13-17-55(36-46)91-42-62-66(85-5)67(86-6)68(87-7)74(88-8)96-62)90-40-57(41-93-75(48-15-11-10-12-16-48,49-20-26-53(83-3)27-21-49)50-22-28-54(84-4)29-23-50)94-60-33-31-58(44(2)65(60)76)63-64-71(95-61)79-43-80-72(64)97-69(63)45-18-24-51(77)25-19-45/h10-37,43,57,61-62,66-68,74H,9,38-42H2,1-8H3/t57-,61+,62+,66+,67-,68-,74-/m0/s1. The molecule has 13 rings (SSSR count). The van der Waals surface area contributed by atoms with Gasteiger partial charge in [0, 0.05) is 62.6 Å². The number of ether oxygens (including phenoxy) is 14. The van der Waals surface area contributed by atoms with Crippen molar-refractivity contribution in [2.45, 2.75) is 75.4 Å². The van der Waals surface area contributed by atoms with Gasteiger partial charge in [-0.05, 0) is 126 Å². The predicted octanol–water partition coefficient (Wildman–Crippen LogP) is 13.7. The Morgan fingerprint density at radius 1 is 0.691 bits per heavy atom. The number of esters is 1. The van der Waals surface area contributed by atoms with Crippen molar-refractivity contribution in [2.75, 3.05) is 69.1 Å². The summed E-state index contributed by atoms with van der Waals surface area (Å²) in [5.74, 6) is 2.41. The van der Waals surface area contributed by atoms with Gasteiger partial charge in [-0.3, -0.25) is 0 Å². The van der Waals surface area contributed by atoms with Gasteiger partial charge in [0.05, 0.1) is 43.5 Å². The van der Waals surface area contributed by atoms with E-state index >= 15 is 0 Å². The molecule has 3 aliphatic rings. The van der Waals surface area contributed by atoms with E-state index < -0.39 is 60.3 Å². The average molecular weight is 1360 g/mol. The number of aromatic nitrogens is 4. The van der Waals surface area contributed by atoms with Crippen LogP contribution in [0.15, 0.2) is 176 Å². The summed E-state index contributed by atoms with van der Waals surface area (Å²) < 4.78 is 102. The van der Waals surface area contributed by atoms with Gasteiger partial charge in [-0.2, -0.15) is 0 Å². The van der Waals surface area contributed by atoms with E-state index in [2.05, 4.69) is 4.98 Å². The summed E-state index contributed by atoms with van der Waals surface area (Å²) in [7, 11) is 9.53. The SMILES string of the molecule is CCOC(=O)[C@H]1Cc2cc(ccc2OCc2ccnc(-c3cccc(OC[C@H]4O[C@H](OC)[C@@H](OC)[C@@H](OC)[C@@H]4OC)c3)n2)OC[C@@H](COC(c2ccccc2)(c2ccc(OC)cc2)c2ccc(OC)cc2)Oc2ccc(c(C)c2Cl)-c2c(-c3ccc(F)cc3)sc3ncnc(c23)O1. The van der Waals surface area contributed by atoms with E-state index in [0.717, 1.165) is 21.6 Å². The van der Waals surface area contributed by atoms with Gasteiger partial charge in [-0.1, -0.05) is 96.5 Å². The maximum absolute atomic E-state index is 14.7. The lowest BCUT2D eigenvalue weighted by atomic mass is 9.80. The minimum Gasteiger partial charge on any atom is -0.497 e. The molecule has 3 aliphatic heterocycles. The molecule has 0 aliphatic carbocycles. The molecule has 97 heavy (non-hydrogen) atoms. The van der Waals surface area contributed by atoms with Gasteiger partial charge in [-0.15, -0.1) is 11.3 Å². The zero-order valence-electron chi connectivity index (χ0n) is 54.6. The second-order valence-electron chi connectivity index (χ2n) is 22.8. The third kappa shape index (κ3) is 14.6. The molecule has 0 amide bonds. The van der Waals surface area contributed by atoms with Gasteiger partial charge >= 0.3 is 5.97 Å².